The minimum atomic E-state index is -0.111. The average Bonchev–Trinajstić information content (AvgIpc) is 3.85. The lowest BCUT2D eigenvalue weighted by Crippen LogP contribution is -2.74. The summed E-state index contributed by atoms with van der Waals surface area (Å²) in [4.78, 5) is 2.63. The van der Waals surface area contributed by atoms with E-state index in [1.54, 1.807) is 0 Å². The molecule has 0 N–H and O–H groups in total. The van der Waals surface area contributed by atoms with E-state index in [0.29, 0.717) is 17.3 Å². The van der Waals surface area contributed by atoms with Gasteiger partial charge in [0.1, 0.15) is 5.75 Å². The highest BCUT2D eigenvalue weighted by atomic mass is 16.5. The summed E-state index contributed by atoms with van der Waals surface area (Å²) < 4.78 is 7.53. The van der Waals surface area contributed by atoms with Crippen molar-refractivity contribution in [3.8, 4) is 33.8 Å². The van der Waals surface area contributed by atoms with Crippen LogP contribution in [0.5, 0.6) is 11.5 Å². The Balaban J connectivity index is 1.07. The fourth-order valence-corrected chi connectivity index (χ4v) is 15.2. The second-order valence-electron chi connectivity index (χ2n) is 21.6. The van der Waals surface area contributed by atoms with Crippen LogP contribution >= 0.6 is 0 Å². The maximum atomic E-state index is 7.53. The van der Waals surface area contributed by atoms with Crippen LogP contribution in [0.2, 0.25) is 0 Å². The van der Waals surface area contributed by atoms with Crippen molar-refractivity contribution in [2.45, 2.75) is 102 Å². The highest BCUT2D eigenvalue weighted by molar-refractivity contribution is 5.89. The molecule has 1 aliphatic heterocycles. The molecule has 294 valence electrons. The van der Waals surface area contributed by atoms with Crippen molar-refractivity contribution in [2.24, 2.45) is 29.1 Å². The number of anilines is 3. The summed E-state index contributed by atoms with van der Waals surface area (Å²) in [6.45, 7) is 14.7. The first kappa shape index (κ1) is 34.8. The van der Waals surface area contributed by atoms with Crippen LogP contribution in [0.4, 0.5) is 17.1 Å². The Morgan fingerprint density at radius 2 is 1.25 bits per heavy atom. The molecular weight excluding hydrogens is 715 g/mol. The van der Waals surface area contributed by atoms with Gasteiger partial charge in [0, 0.05) is 27.6 Å². The van der Waals surface area contributed by atoms with Crippen molar-refractivity contribution >= 4 is 17.1 Å². The monoisotopic (exact) mass is 769 g/mol. The average molecular weight is 770 g/mol. The SMILES string of the molecule is CC1(C)CCC(C)(C)c2c(N(c3ccc4c(c3)C(C)(C)c3ccccc3-4)c3cccc4c3Oc3ccc(-c5ccccc5)cc3C43C4CC5CC6CC3C64C5)cccc21. The summed E-state index contributed by atoms with van der Waals surface area (Å²) in [6.07, 6.45) is 7.94. The predicted octanol–water partition coefficient (Wildman–Crippen LogP) is 14.9. The normalized spacial score (nSPS) is 29.5. The summed E-state index contributed by atoms with van der Waals surface area (Å²) in [7, 11) is 0. The van der Waals surface area contributed by atoms with Crippen LogP contribution in [-0.2, 0) is 21.7 Å². The van der Waals surface area contributed by atoms with Crippen LogP contribution in [0.3, 0.4) is 0 Å². The molecule has 6 aromatic carbocycles. The molecule has 2 nitrogen and oxygen atoms in total. The Hall–Kier alpha value is -5.08. The first-order chi connectivity index (χ1) is 28.4. The molecule has 6 unspecified atom stereocenters. The van der Waals surface area contributed by atoms with E-state index >= 15 is 0 Å². The molecule has 6 aliphatic carbocycles. The number of benzene rings is 6. The maximum Gasteiger partial charge on any atom is 0.155 e. The third kappa shape index (κ3) is 4.15. The van der Waals surface area contributed by atoms with Gasteiger partial charge in [0.2, 0.25) is 0 Å². The zero-order valence-corrected chi connectivity index (χ0v) is 35.5. The van der Waals surface area contributed by atoms with Crippen LogP contribution < -0.4 is 9.64 Å². The Bertz CT molecular complexity index is 2790. The van der Waals surface area contributed by atoms with E-state index in [1.807, 2.05) is 0 Å². The molecule has 0 saturated heterocycles. The molecule has 7 aliphatic rings. The number of fused-ring (bicyclic) bond motifs is 11. The van der Waals surface area contributed by atoms with Gasteiger partial charge >= 0.3 is 0 Å². The third-order valence-corrected chi connectivity index (χ3v) is 17.8. The molecule has 0 radical (unpaired) electrons. The lowest BCUT2D eigenvalue weighted by molar-refractivity contribution is -0.235. The van der Waals surface area contributed by atoms with Crippen LogP contribution in [0.15, 0.2) is 127 Å². The van der Waals surface area contributed by atoms with Crippen molar-refractivity contribution in [1.82, 2.24) is 0 Å². The summed E-state index contributed by atoms with van der Waals surface area (Å²) in [5.74, 6) is 5.25. The van der Waals surface area contributed by atoms with E-state index in [2.05, 4.69) is 174 Å². The number of hydrogen-bond acceptors (Lipinski definition) is 2. The van der Waals surface area contributed by atoms with Crippen molar-refractivity contribution in [3.63, 3.8) is 0 Å². The van der Waals surface area contributed by atoms with Gasteiger partial charge < -0.3 is 9.64 Å². The van der Waals surface area contributed by atoms with E-state index in [0.717, 1.165) is 29.8 Å². The first-order valence-corrected chi connectivity index (χ1v) is 22.6. The summed E-state index contributed by atoms with van der Waals surface area (Å²) in [5, 5.41) is 0. The van der Waals surface area contributed by atoms with Gasteiger partial charge in [-0.15, -0.1) is 0 Å². The van der Waals surface area contributed by atoms with Gasteiger partial charge in [0.15, 0.2) is 5.75 Å². The van der Waals surface area contributed by atoms with Crippen molar-refractivity contribution in [3.05, 3.63) is 161 Å². The topological polar surface area (TPSA) is 12.5 Å². The van der Waals surface area contributed by atoms with E-state index in [9.17, 15) is 0 Å². The number of hydrogen-bond donors (Lipinski definition) is 0. The first-order valence-electron chi connectivity index (χ1n) is 22.6. The van der Waals surface area contributed by atoms with Crippen LogP contribution in [0.1, 0.15) is 113 Å². The van der Waals surface area contributed by atoms with E-state index < -0.39 is 0 Å². The Labute approximate surface area is 350 Å². The summed E-state index contributed by atoms with van der Waals surface area (Å²) in [5.41, 5.74) is 18.1. The molecule has 13 rings (SSSR count). The molecule has 4 saturated carbocycles. The van der Waals surface area contributed by atoms with Gasteiger partial charge in [-0.1, -0.05) is 133 Å². The fourth-order valence-electron chi connectivity index (χ4n) is 15.2. The van der Waals surface area contributed by atoms with Gasteiger partial charge in [-0.3, -0.25) is 0 Å². The standard InChI is InChI=1S/C57H55NO/c1-53(2)26-27-54(3,4)51-42(53)18-12-20-46(51)58(38-23-24-40-39-16-10-11-17-41(39)55(5,6)44(40)32-38)47-21-13-19-43-52(47)59-48-25-22-36(35-14-8-7-9-15-35)30-45(48)57(43)49-29-34-28-37-31-50(57)56(37,49)33-34/h7-25,30,32,34,37,49-50H,26-29,31,33H2,1-6H3. The fraction of sp³-hybridized carbons (Fsp3) is 0.368. The lowest BCUT2D eigenvalue weighted by atomic mass is 9.26. The Morgan fingerprint density at radius 1 is 0.542 bits per heavy atom. The summed E-state index contributed by atoms with van der Waals surface area (Å²) >= 11 is 0. The molecule has 2 spiro atoms. The minimum absolute atomic E-state index is 0.00761. The number of nitrogens with zero attached hydrogens (tertiary/aromatic N) is 1. The lowest BCUT2D eigenvalue weighted by Gasteiger charge is -2.77. The molecule has 59 heavy (non-hydrogen) atoms. The van der Waals surface area contributed by atoms with Crippen LogP contribution in [-0.4, -0.2) is 0 Å². The van der Waals surface area contributed by atoms with E-state index in [1.165, 1.54) is 105 Å². The van der Waals surface area contributed by atoms with E-state index in [-0.39, 0.29) is 21.7 Å². The van der Waals surface area contributed by atoms with Crippen LogP contribution in [0.25, 0.3) is 22.3 Å². The highest BCUT2D eigenvalue weighted by Gasteiger charge is 2.84. The molecule has 6 atom stereocenters. The molecule has 6 aromatic rings. The quantitative estimate of drug-likeness (QED) is 0.177. The van der Waals surface area contributed by atoms with Gasteiger partial charge in [0.25, 0.3) is 0 Å². The van der Waals surface area contributed by atoms with Crippen molar-refractivity contribution < 1.29 is 4.74 Å². The molecule has 0 amide bonds. The molecule has 0 aromatic heterocycles. The smallest absolute Gasteiger partial charge is 0.155 e. The zero-order valence-electron chi connectivity index (χ0n) is 35.5. The van der Waals surface area contributed by atoms with Gasteiger partial charge in [-0.2, -0.15) is 0 Å². The Kier molecular flexibility index (Phi) is 6.59. The summed E-state index contributed by atoms with van der Waals surface area (Å²) in [6, 6.07) is 49.0. The van der Waals surface area contributed by atoms with E-state index in [4.69, 9.17) is 4.74 Å². The number of para-hydroxylation sites is 1. The minimum Gasteiger partial charge on any atom is -0.455 e. The molecular formula is C57H55NO. The molecule has 1 heterocycles. The number of rotatable bonds is 4. The molecule has 2 heteroatoms. The predicted molar refractivity (Wildman–Crippen MR) is 242 cm³/mol. The Morgan fingerprint density at radius 3 is 2.08 bits per heavy atom. The van der Waals surface area contributed by atoms with Crippen molar-refractivity contribution in [1.29, 1.82) is 0 Å². The molecule has 2 bridgehead atoms. The third-order valence-electron chi connectivity index (χ3n) is 17.8. The zero-order chi connectivity index (χ0) is 39.8. The van der Waals surface area contributed by atoms with Gasteiger partial charge in [-0.25, -0.2) is 0 Å². The second-order valence-corrected chi connectivity index (χ2v) is 21.6. The van der Waals surface area contributed by atoms with Gasteiger partial charge in [-0.05, 0) is 159 Å². The molecule has 4 fully saturated rings. The highest BCUT2D eigenvalue weighted by Crippen LogP contribution is 2.89. The van der Waals surface area contributed by atoms with Crippen molar-refractivity contribution in [2.75, 3.05) is 4.90 Å². The second kappa shape index (κ2) is 11.2. The van der Waals surface area contributed by atoms with Gasteiger partial charge in [0.05, 0.1) is 11.4 Å². The largest absolute Gasteiger partial charge is 0.455 e. The maximum absolute atomic E-state index is 7.53. The van der Waals surface area contributed by atoms with Crippen LogP contribution in [0, 0.1) is 29.1 Å². The number of ether oxygens (including phenoxy) is 1.